The third kappa shape index (κ3) is 5.33. The van der Waals surface area contributed by atoms with E-state index in [1.807, 2.05) is 25.1 Å². The van der Waals surface area contributed by atoms with Crippen molar-refractivity contribution < 1.29 is 4.79 Å². The van der Waals surface area contributed by atoms with E-state index < -0.39 is 0 Å². The molecule has 0 aromatic heterocycles. The van der Waals surface area contributed by atoms with Gasteiger partial charge in [0.05, 0.1) is 12.1 Å². The molecule has 4 heteroatoms. The van der Waals surface area contributed by atoms with Crippen LogP contribution in [-0.2, 0) is 4.79 Å². The molecule has 1 aromatic rings. The highest BCUT2D eigenvalue weighted by Crippen LogP contribution is 2.19. The van der Waals surface area contributed by atoms with Crippen molar-refractivity contribution in [3.05, 3.63) is 35.9 Å². The summed E-state index contributed by atoms with van der Waals surface area (Å²) in [7, 11) is 2.15. The fraction of sp³-hybridized carbons (Fsp3) is 0.632. The number of benzene rings is 1. The molecular weight excluding hydrogens is 286 g/mol. The van der Waals surface area contributed by atoms with Crippen molar-refractivity contribution in [3.8, 4) is 0 Å². The zero-order chi connectivity index (χ0) is 16.7. The predicted molar refractivity (Wildman–Crippen MR) is 95.4 cm³/mol. The molecule has 4 nitrogen and oxygen atoms in total. The minimum atomic E-state index is -0.0652. The summed E-state index contributed by atoms with van der Waals surface area (Å²) in [5.74, 6) is 0.150. The van der Waals surface area contributed by atoms with Crippen LogP contribution in [0.3, 0.4) is 0 Å². The maximum absolute atomic E-state index is 12.7. The SMILES string of the molecule is CCCC(NC(=O)C(C)N1CCCN(C)CC1)c1ccccc1. The summed E-state index contributed by atoms with van der Waals surface area (Å²) in [6.07, 6.45) is 3.17. The fourth-order valence-corrected chi connectivity index (χ4v) is 3.21. The molecule has 1 aliphatic rings. The van der Waals surface area contributed by atoms with E-state index in [1.54, 1.807) is 0 Å². The van der Waals surface area contributed by atoms with Crippen LogP contribution in [0.5, 0.6) is 0 Å². The Hall–Kier alpha value is -1.39. The summed E-state index contributed by atoms with van der Waals surface area (Å²) in [5.41, 5.74) is 1.20. The van der Waals surface area contributed by atoms with E-state index in [0.29, 0.717) is 0 Å². The lowest BCUT2D eigenvalue weighted by atomic mass is 10.0. The lowest BCUT2D eigenvalue weighted by molar-refractivity contribution is -0.126. The highest BCUT2D eigenvalue weighted by Gasteiger charge is 2.25. The predicted octanol–water partition coefficient (Wildman–Crippen LogP) is 2.67. The Morgan fingerprint density at radius 2 is 1.91 bits per heavy atom. The molecular formula is C19H31N3O. The molecule has 2 rings (SSSR count). The van der Waals surface area contributed by atoms with Gasteiger partial charge < -0.3 is 10.2 Å². The molecule has 0 saturated carbocycles. The number of likely N-dealkylation sites (N-methyl/N-ethyl adjacent to an activating group) is 1. The van der Waals surface area contributed by atoms with Gasteiger partial charge in [-0.15, -0.1) is 0 Å². The number of nitrogens with zero attached hydrogens (tertiary/aromatic N) is 2. The molecule has 23 heavy (non-hydrogen) atoms. The van der Waals surface area contributed by atoms with Crippen LogP contribution in [0.1, 0.15) is 44.7 Å². The van der Waals surface area contributed by atoms with Crippen molar-refractivity contribution in [1.29, 1.82) is 0 Å². The summed E-state index contributed by atoms with van der Waals surface area (Å²) in [6, 6.07) is 10.4. The number of amides is 1. The van der Waals surface area contributed by atoms with Crippen molar-refractivity contribution >= 4 is 5.91 Å². The molecule has 1 amide bonds. The smallest absolute Gasteiger partial charge is 0.237 e. The Morgan fingerprint density at radius 3 is 2.61 bits per heavy atom. The first-order chi connectivity index (χ1) is 11.1. The minimum absolute atomic E-state index is 0.0652. The van der Waals surface area contributed by atoms with E-state index in [2.05, 4.69) is 41.2 Å². The quantitative estimate of drug-likeness (QED) is 0.876. The van der Waals surface area contributed by atoms with E-state index in [1.165, 1.54) is 5.56 Å². The van der Waals surface area contributed by atoms with Gasteiger partial charge in [0.1, 0.15) is 0 Å². The fourth-order valence-electron chi connectivity index (χ4n) is 3.21. The Bertz CT molecular complexity index is 477. The topological polar surface area (TPSA) is 35.6 Å². The lowest BCUT2D eigenvalue weighted by Crippen LogP contribution is -2.47. The number of hydrogen-bond acceptors (Lipinski definition) is 3. The molecule has 1 fully saturated rings. The average Bonchev–Trinajstić information content (AvgIpc) is 2.79. The molecule has 1 aromatic carbocycles. The second-order valence-electron chi connectivity index (χ2n) is 6.63. The van der Waals surface area contributed by atoms with Gasteiger partial charge in [0.25, 0.3) is 0 Å². The van der Waals surface area contributed by atoms with E-state index in [-0.39, 0.29) is 18.0 Å². The monoisotopic (exact) mass is 317 g/mol. The summed E-state index contributed by atoms with van der Waals surface area (Å²) in [4.78, 5) is 17.4. The van der Waals surface area contributed by atoms with Crippen LogP contribution in [0.25, 0.3) is 0 Å². The van der Waals surface area contributed by atoms with Gasteiger partial charge in [-0.05, 0) is 38.9 Å². The third-order valence-corrected chi connectivity index (χ3v) is 4.78. The van der Waals surface area contributed by atoms with Crippen LogP contribution < -0.4 is 5.32 Å². The van der Waals surface area contributed by atoms with E-state index in [9.17, 15) is 4.79 Å². The highest BCUT2D eigenvalue weighted by atomic mass is 16.2. The second kappa shape index (κ2) is 9.04. The maximum atomic E-state index is 12.7. The van der Waals surface area contributed by atoms with E-state index >= 15 is 0 Å². The Kier molecular flexibility index (Phi) is 7.06. The zero-order valence-electron chi connectivity index (χ0n) is 14.8. The van der Waals surface area contributed by atoms with Crippen LogP contribution >= 0.6 is 0 Å². The number of carbonyl (C=O) groups is 1. The van der Waals surface area contributed by atoms with Crippen molar-refractivity contribution in [2.75, 3.05) is 33.2 Å². The zero-order valence-corrected chi connectivity index (χ0v) is 14.8. The molecule has 128 valence electrons. The summed E-state index contributed by atoms with van der Waals surface area (Å²) in [5, 5.41) is 3.27. The number of rotatable bonds is 6. The van der Waals surface area contributed by atoms with Gasteiger partial charge in [0.2, 0.25) is 5.91 Å². The van der Waals surface area contributed by atoms with E-state index in [4.69, 9.17) is 0 Å². The summed E-state index contributed by atoms with van der Waals surface area (Å²) in [6.45, 7) is 8.32. The standard InChI is InChI=1S/C19H31N3O/c1-4-9-18(17-10-6-5-7-11-17)20-19(23)16(2)22-13-8-12-21(3)14-15-22/h5-7,10-11,16,18H,4,8-9,12-15H2,1-3H3,(H,20,23). The molecule has 1 saturated heterocycles. The van der Waals surface area contributed by atoms with Crippen molar-refractivity contribution in [1.82, 2.24) is 15.1 Å². The first-order valence-electron chi connectivity index (χ1n) is 8.89. The van der Waals surface area contributed by atoms with Gasteiger partial charge in [-0.1, -0.05) is 43.7 Å². The molecule has 1 N–H and O–H groups in total. The van der Waals surface area contributed by atoms with E-state index in [0.717, 1.165) is 45.4 Å². The number of hydrogen-bond donors (Lipinski definition) is 1. The molecule has 0 radical (unpaired) electrons. The first-order valence-corrected chi connectivity index (χ1v) is 8.89. The Labute approximate surface area is 140 Å². The lowest BCUT2D eigenvalue weighted by Gasteiger charge is -2.29. The second-order valence-corrected chi connectivity index (χ2v) is 6.63. The number of nitrogens with one attached hydrogen (secondary N) is 1. The molecule has 0 bridgehead atoms. The van der Waals surface area contributed by atoms with Gasteiger partial charge in [-0.2, -0.15) is 0 Å². The van der Waals surface area contributed by atoms with Crippen LogP contribution in [0.4, 0.5) is 0 Å². The summed E-state index contributed by atoms with van der Waals surface area (Å²) >= 11 is 0. The van der Waals surface area contributed by atoms with Crippen LogP contribution in [0, 0.1) is 0 Å². The summed E-state index contributed by atoms with van der Waals surface area (Å²) < 4.78 is 0. The average molecular weight is 317 g/mol. The Morgan fingerprint density at radius 1 is 1.17 bits per heavy atom. The third-order valence-electron chi connectivity index (χ3n) is 4.78. The van der Waals surface area contributed by atoms with Gasteiger partial charge in [0, 0.05) is 19.6 Å². The maximum Gasteiger partial charge on any atom is 0.237 e. The van der Waals surface area contributed by atoms with Crippen LogP contribution in [0.15, 0.2) is 30.3 Å². The molecule has 2 atom stereocenters. The first kappa shape index (κ1) is 18.0. The van der Waals surface area contributed by atoms with Crippen molar-refractivity contribution in [2.45, 2.75) is 45.2 Å². The van der Waals surface area contributed by atoms with Crippen molar-refractivity contribution in [3.63, 3.8) is 0 Å². The Balaban J connectivity index is 1.97. The van der Waals surface area contributed by atoms with Gasteiger partial charge in [-0.3, -0.25) is 9.69 Å². The molecule has 2 unspecified atom stereocenters. The molecule has 0 spiro atoms. The van der Waals surface area contributed by atoms with Gasteiger partial charge >= 0.3 is 0 Å². The molecule has 1 aliphatic heterocycles. The molecule has 0 aliphatic carbocycles. The van der Waals surface area contributed by atoms with Crippen molar-refractivity contribution in [2.24, 2.45) is 0 Å². The minimum Gasteiger partial charge on any atom is -0.348 e. The van der Waals surface area contributed by atoms with Crippen LogP contribution in [0.2, 0.25) is 0 Å². The number of carbonyl (C=O) groups excluding carboxylic acids is 1. The normalized spacial score (nSPS) is 19.8. The van der Waals surface area contributed by atoms with Crippen LogP contribution in [-0.4, -0.2) is 55.0 Å². The van der Waals surface area contributed by atoms with Gasteiger partial charge in [-0.25, -0.2) is 0 Å². The van der Waals surface area contributed by atoms with Gasteiger partial charge in [0.15, 0.2) is 0 Å². The molecule has 1 heterocycles. The largest absolute Gasteiger partial charge is 0.348 e. The highest BCUT2D eigenvalue weighted by molar-refractivity contribution is 5.81.